The van der Waals surface area contributed by atoms with Crippen molar-refractivity contribution in [2.45, 2.75) is 102 Å². The number of aromatic amines is 1. The van der Waals surface area contributed by atoms with Crippen LogP contribution in [0.5, 0.6) is 0 Å². The summed E-state index contributed by atoms with van der Waals surface area (Å²) < 4.78 is 6.51. The maximum absolute atomic E-state index is 14.6. The number of likely N-dealkylation sites (tertiary alicyclic amines) is 1. The van der Waals surface area contributed by atoms with Crippen molar-refractivity contribution in [3.8, 4) is 0 Å². The molecule has 1 aliphatic carbocycles. The van der Waals surface area contributed by atoms with Gasteiger partial charge in [0, 0.05) is 48.1 Å². The minimum atomic E-state index is -2.02. The molecule has 3 amide bonds. The van der Waals surface area contributed by atoms with E-state index in [9.17, 15) is 19.5 Å². The highest BCUT2D eigenvalue weighted by molar-refractivity contribution is 5.98. The number of nitrogens with zero attached hydrogens (tertiary/aromatic N) is 3. The molecule has 2 aromatic rings. The predicted octanol–water partition coefficient (Wildman–Crippen LogP) is 2.91. The van der Waals surface area contributed by atoms with Crippen molar-refractivity contribution in [2.75, 3.05) is 20.1 Å². The summed E-state index contributed by atoms with van der Waals surface area (Å²) >= 11 is 0. The van der Waals surface area contributed by atoms with E-state index in [1.807, 2.05) is 34.6 Å². The van der Waals surface area contributed by atoms with Crippen molar-refractivity contribution in [1.82, 2.24) is 25.0 Å². The van der Waals surface area contributed by atoms with Crippen LogP contribution in [0.2, 0.25) is 0 Å². The Labute approximate surface area is 253 Å². The lowest BCUT2D eigenvalue weighted by Gasteiger charge is -2.52. The minimum Gasteiger partial charge on any atom is -0.361 e. The van der Waals surface area contributed by atoms with Gasteiger partial charge in [0.15, 0.2) is 0 Å². The maximum atomic E-state index is 14.6. The van der Waals surface area contributed by atoms with Crippen LogP contribution in [0.1, 0.15) is 77.3 Å². The van der Waals surface area contributed by atoms with Crippen LogP contribution in [-0.4, -0.2) is 92.4 Å². The van der Waals surface area contributed by atoms with Crippen molar-refractivity contribution in [2.24, 2.45) is 17.3 Å². The van der Waals surface area contributed by atoms with Crippen molar-refractivity contribution in [1.29, 1.82) is 0 Å². The topological polar surface area (TPSA) is 118 Å². The second kappa shape index (κ2) is 9.52. The van der Waals surface area contributed by atoms with E-state index in [0.29, 0.717) is 32.4 Å². The van der Waals surface area contributed by atoms with Gasteiger partial charge in [0.05, 0.1) is 5.92 Å². The normalized spacial score (nSPS) is 35.9. The second-order valence-corrected chi connectivity index (χ2v) is 14.6. The molecule has 5 aliphatic rings. The van der Waals surface area contributed by atoms with Crippen LogP contribution in [0.25, 0.3) is 10.9 Å². The molecule has 43 heavy (non-hydrogen) atoms. The number of nitrogens with one attached hydrogen (secondary N) is 2. The van der Waals surface area contributed by atoms with Crippen molar-refractivity contribution in [3.63, 3.8) is 0 Å². The van der Waals surface area contributed by atoms with Gasteiger partial charge in [-0.1, -0.05) is 46.8 Å². The maximum Gasteiger partial charge on any atom is 0.281 e. The Balaban J connectivity index is 1.22. The van der Waals surface area contributed by atoms with E-state index in [2.05, 4.69) is 46.6 Å². The summed E-state index contributed by atoms with van der Waals surface area (Å²) in [6.45, 7) is 10.6. The van der Waals surface area contributed by atoms with Gasteiger partial charge in [-0.2, -0.15) is 0 Å². The molecule has 7 atom stereocenters. The number of benzene rings is 1. The van der Waals surface area contributed by atoms with Gasteiger partial charge in [0.25, 0.3) is 11.8 Å². The highest BCUT2D eigenvalue weighted by atomic mass is 16.7. The Morgan fingerprint density at radius 1 is 1.28 bits per heavy atom. The number of carbonyl (C=O) groups excluding carboxylic acids is 3. The summed E-state index contributed by atoms with van der Waals surface area (Å²) in [7, 11) is 2.07. The van der Waals surface area contributed by atoms with E-state index < -0.39 is 41.0 Å². The van der Waals surface area contributed by atoms with Gasteiger partial charge in [0.1, 0.15) is 12.1 Å². The molecule has 0 bridgehead atoms. The number of carbonyl (C=O) groups is 3. The van der Waals surface area contributed by atoms with Gasteiger partial charge in [-0.15, -0.1) is 0 Å². The summed E-state index contributed by atoms with van der Waals surface area (Å²) in [6, 6.07) is 5.05. The number of piperidine rings is 1. The van der Waals surface area contributed by atoms with Gasteiger partial charge in [-0.05, 0) is 61.8 Å². The summed E-state index contributed by atoms with van der Waals surface area (Å²) in [5.41, 5.74) is 1.29. The Morgan fingerprint density at radius 2 is 2.05 bits per heavy atom. The van der Waals surface area contributed by atoms with Crippen molar-refractivity contribution < 1.29 is 24.2 Å². The van der Waals surface area contributed by atoms with Crippen LogP contribution in [0.4, 0.5) is 0 Å². The number of hydrogen-bond acceptors (Lipinski definition) is 6. The first-order valence-corrected chi connectivity index (χ1v) is 16.0. The van der Waals surface area contributed by atoms with Crippen LogP contribution in [0.15, 0.2) is 24.4 Å². The van der Waals surface area contributed by atoms with Gasteiger partial charge < -0.3 is 25.2 Å². The molecule has 1 aromatic heterocycles. The third-order valence-electron chi connectivity index (χ3n) is 11.5. The smallest absolute Gasteiger partial charge is 0.281 e. The number of fused-ring (bicyclic) bond motifs is 5. The highest BCUT2D eigenvalue weighted by Crippen LogP contribution is 2.51. The standard InChI is InChI=1S/C33H45N5O5/c1-7-31(4,5)27-29(40)37-13-9-12-25(37)33(42)38(27)30(41)32(43-33,18(2)3)35-28(39)20-14-22-21-10-8-11-23-26(21)19(16-34-23)15-24(22)36(6)17-20/h8,10-11,16,18,20,22,24-25,27,34,42H,7,9,12-15,17H2,1-6H3,(H,35,39). The minimum absolute atomic E-state index is 0.155. The molecule has 1 aromatic carbocycles. The molecular formula is C33H45N5O5. The zero-order valence-electron chi connectivity index (χ0n) is 26.1. The van der Waals surface area contributed by atoms with Crippen LogP contribution >= 0.6 is 0 Å². The number of aromatic nitrogens is 1. The first kappa shape index (κ1) is 28.8. The first-order chi connectivity index (χ1) is 20.3. The Bertz CT molecular complexity index is 1500. The number of hydrogen-bond donors (Lipinski definition) is 3. The predicted molar refractivity (Wildman–Crippen MR) is 160 cm³/mol. The molecule has 10 nitrogen and oxygen atoms in total. The van der Waals surface area contributed by atoms with Crippen molar-refractivity contribution in [3.05, 3.63) is 35.5 Å². The zero-order valence-corrected chi connectivity index (χ0v) is 26.1. The van der Waals surface area contributed by atoms with E-state index >= 15 is 0 Å². The summed E-state index contributed by atoms with van der Waals surface area (Å²) in [4.78, 5) is 51.4. The van der Waals surface area contributed by atoms with Crippen LogP contribution < -0.4 is 5.32 Å². The number of aliphatic hydroxyl groups is 1. The summed E-state index contributed by atoms with van der Waals surface area (Å²) in [5.74, 6) is -3.67. The molecule has 10 heteroatoms. The number of piperazine rings is 1. The molecule has 5 heterocycles. The van der Waals surface area contributed by atoms with Crippen LogP contribution in [-0.2, 0) is 25.5 Å². The fourth-order valence-corrected chi connectivity index (χ4v) is 8.76. The zero-order chi connectivity index (χ0) is 30.6. The van der Waals surface area contributed by atoms with Crippen LogP contribution in [0, 0.1) is 17.3 Å². The molecule has 3 N–H and O–H groups in total. The molecule has 4 aliphatic heterocycles. The number of ether oxygens (including phenoxy) is 1. The number of amides is 3. The second-order valence-electron chi connectivity index (χ2n) is 14.6. The average molecular weight is 592 g/mol. The summed E-state index contributed by atoms with van der Waals surface area (Å²) in [5, 5.41) is 16.6. The molecule has 7 rings (SSSR count). The lowest BCUT2D eigenvalue weighted by Crippen LogP contribution is -2.73. The van der Waals surface area contributed by atoms with E-state index in [-0.39, 0.29) is 29.7 Å². The van der Waals surface area contributed by atoms with E-state index in [1.165, 1.54) is 21.4 Å². The van der Waals surface area contributed by atoms with E-state index in [1.54, 1.807) is 4.90 Å². The fourth-order valence-electron chi connectivity index (χ4n) is 8.76. The average Bonchev–Trinajstić information content (AvgIpc) is 3.68. The lowest BCUT2D eigenvalue weighted by molar-refractivity contribution is -0.326. The molecule has 7 unspecified atom stereocenters. The third-order valence-corrected chi connectivity index (χ3v) is 11.5. The molecule has 0 saturated carbocycles. The molecular weight excluding hydrogens is 546 g/mol. The monoisotopic (exact) mass is 591 g/mol. The molecule has 232 valence electrons. The Morgan fingerprint density at radius 3 is 2.77 bits per heavy atom. The molecule has 0 spiro atoms. The third kappa shape index (κ3) is 3.85. The van der Waals surface area contributed by atoms with Gasteiger partial charge in [-0.25, -0.2) is 0 Å². The first-order valence-electron chi connectivity index (χ1n) is 16.0. The molecule has 4 saturated heterocycles. The van der Waals surface area contributed by atoms with Crippen LogP contribution in [0.3, 0.4) is 0 Å². The number of rotatable bonds is 5. The van der Waals surface area contributed by atoms with Gasteiger partial charge in [0.2, 0.25) is 17.5 Å². The molecule has 0 radical (unpaired) electrons. The van der Waals surface area contributed by atoms with Gasteiger partial charge in [-0.3, -0.25) is 24.0 Å². The Hall–Kier alpha value is -2.95. The number of likely N-dealkylation sites (N-methyl/N-ethyl adjacent to an activating group) is 1. The van der Waals surface area contributed by atoms with E-state index in [0.717, 1.165) is 18.4 Å². The largest absolute Gasteiger partial charge is 0.361 e. The summed E-state index contributed by atoms with van der Waals surface area (Å²) in [6.07, 6.45) is 5.55. The highest BCUT2D eigenvalue weighted by Gasteiger charge is 2.73. The van der Waals surface area contributed by atoms with Gasteiger partial charge >= 0.3 is 0 Å². The number of H-pyrrole nitrogens is 1. The SMILES string of the molecule is CCC(C)(C)C1C(=O)N2CCCC2C2(O)OC(NC(=O)C3CC4c5cccc6[nH]cc(c56)CC4N(C)C3)(C(C)C)C(=O)N12. The molecule has 4 fully saturated rings. The fraction of sp³-hybridized carbons (Fsp3) is 0.667. The van der Waals surface area contributed by atoms with Crippen molar-refractivity contribution >= 4 is 28.6 Å². The van der Waals surface area contributed by atoms with E-state index in [4.69, 9.17) is 4.74 Å². The Kier molecular flexibility index (Phi) is 6.38. The lowest BCUT2D eigenvalue weighted by atomic mass is 9.72. The quantitative estimate of drug-likeness (QED) is 0.492.